The summed E-state index contributed by atoms with van der Waals surface area (Å²) >= 11 is 0. The van der Waals surface area contributed by atoms with Crippen molar-refractivity contribution >= 4 is 16.1 Å². The SMILES string of the molecule is Cc1ccc(S(=O)(=O)O[C@H]2[C@H](OC(=O)c3ccccc3)CO[C@H]2C2OCCO2)cc1. The Morgan fingerprint density at radius 2 is 1.63 bits per heavy atom. The van der Waals surface area contributed by atoms with Crippen molar-refractivity contribution in [2.24, 2.45) is 0 Å². The van der Waals surface area contributed by atoms with Gasteiger partial charge in [0.05, 0.1) is 30.3 Å². The van der Waals surface area contributed by atoms with Gasteiger partial charge in [-0.15, -0.1) is 0 Å². The monoisotopic (exact) mass is 434 g/mol. The van der Waals surface area contributed by atoms with Crippen LogP contribution in [0.4, 0.5) is 0 Å². The third-order valence-electron chi connectivity index (χ3n) is 4.87. The summed E-state index contributed by atoms with van der Waals surface area (Å²) in [7, 11) is -4.14. The van der Waals surface area contributed by atoms with Crippen LogP contribution in [-0.2, 0) is 33.2 Å². The van der Waals surface area contributed by atoms with Crippen LogP contribution in [0, 0.1) is 6.92 Å². The number of carbonyl (C=O) groups is 1. The van der Waals surface area contributed by atoms with Crippen LogP contribution in [0.5, 0.6) is 0 Å². The van der Waals surface area contributed by atoms with Crippen LogP contribution in [0.15, 0.2) is 59.5 Å². The number of esters is 1. The maximum absolute atomic E-state index is 12.9. The van der Waals surface area contributed by atoms with E-state index in [0.29, 0.717) is 18.8 Å². The second-order valence-electron chi connectivity index (χ2n) is 7.05. The molecular formula is C21H22O8S. The van der Waals surface area contributed by atoms with Crippen LogP contribution in [0.1, 0.15) is 15.9 Å². The zero-order valence-electron chi connectivity index (χ0n) is 16.3. The van der Waals surface area contributed by atoms with Gasteiger partial charge in [0.15, 0.2) is 12.4 Å². The summed E-state index contributed by atoms with van der Waals surface area (Å²) in [5, 5.41) is 0. The van der Waals surface area contributed by atoms with Gasteiger partial charge in [-0.25, -0.2) is 4.79 Å². The van der Waals surface area contributed by atoms with E-state index in [9.17, 15) is 13.2 Å². The number of ether oxygens (including phenoxy) is 4. The first kappa shape index (κ1) is 21.0. The number of hydrogen-bond acceptors (Lipinski definition) is 8. The standard InChI is InChI=1S/C21H22O8S/c1-14-7-9-16(10-8-14)30(23,24)29-18-17(13-27-19(18)21-25-11-12-26-21)28-20(22)15-5-3-2-4-6-15/h2-10,17-19,21H,11-13H2,1H3/t17-,18+,19-/m1/s1. The van der Waals surface area contributed by atoms with Gasteiger partial charge in [-0.3, -0.25) is 4.18 Å². The number of aryl methyl sites for hydroxylation is 1. The molecule has 0 N–H and O–H groups in total. The molecular weight excluding hydrogens is 412 g/mol. The van der Waals surface area contributed by atoms with Gasteiger partial charge in [0.1, 0.15) is 12.2 Å². The van der Waals surface area contributed by atoms with Crippen LogP contribution >= 0.6 is 0 Å². The Kier molecular flexibility index (Phi) is 6.16. The molecule has 2 aromatic rings. The van der Waals surface area contributed by atoms with Gasteiger partial charge in [0.2, 0.25) is 0 Å². The van der Waals surface area contributed by atoms with Crippen molar-refractivity contribution in [1.82, 2.24) is 0 Å². The Labute approximate surface area is 174 Å². The van der Waals surface area contributed by atoms with Gasteiger partial charge in [0, 0.05) is 0 Å². The van der Waals surface area contributed by atoms with E-state index in [4.69, 9.17) is 23.1 Å². The lowest BCUT2D eigenvalue weighted by Crippen LogP contribution is -2.43. The molecule has 30 heavy (non-hydrogen) atoms. The van der Waals surface area contributed by atoms with Gasteiger partial charge in [0.25, 0.3) is 10.1 Å². The summed E-state index contributed by atoms with van der Waals surface area (Å²) in [6, 6.07) is 14.7. The van der Waals surface area contributed by atoms with Crippen LogP contribution < -0.4 is 0 Å². The van der Waals surface area contributed by atoms with Crippen molar-refractivity contribution in [3.8, 4) is 0 Å². The van der Waals surface area contributed by atoms with Gasteiger partial charge < -0.3 is 18.9 Å². The summed E-state index contributed by atoms with van der Waals surface area (Å²) in [5.41, 5.74) is 1.26. The average Bonchev–Trinajstić information content (AvgIpc) is 3.39. The Hall–Kier alpha value is -2.30. The highest BCUT2D eigenvalue weighted by molar-refractivity contribution is 7.86. The Bertz CT molecular complexity index is 968. The van der Waals surface area contributed by atoms with E-state index in [1.54, 1.807) is 42.5 Å². The molecule has 0 spiro atoms. The van der Waals surface area contributed by atoms with E-state index in [1.807, 2.05) is 6.92 Å². The second-order valence-corrected chi connectivity index (χ2v) is 8.62. The molecule has 0 bridgehead atoms. The van der Waals surface area contributed by atoms with Crippen molar-refractivity contribution in [3.05, 3.63) is 65.7 Å². The summed E-state index contributed by atoms with van der Waals surface area (Å²) < 4.78 is 53.4. The molecule has 2 aromatic carbocycles. The predicted molar refractivity (Wildman–Crippen MR) is 104 cm³/mol. The van der Waals surface area contributed by atoms with Crippen molar-refractivity contribution < 1.29 is 36.3 Å². The fourth-order valence-corrected chi connectivity index (χ4v) is 4.42. The summed E-state index contributed by atoms with van der Waals surface area (Å²) in [6.45, 7) is 2.53. The average molecular weight is 434 g/mol. The zero-order chi connectivity index (χ0) is 21.1. The zero-order valence-corrected chi connectivity index (χ0v) is 17.1. The van der Waals surface area contributed by atoms with Crippen LogP contribution in [0.2, 0.25) is 0 Å². The molecule has 9 heteroatoms. The summed E-state index contributed by atoms with van der Waals surface area (Å²) in [6.07, 6.45) is -3.73. The minimum Gasteiger partial charge on any atom is -0.453 e. The fraction of sp³-hybridized carbons (Fsp3) is 0.381. The molecule has 3 atom stereocenters. The molecule has 0 aromatic heterocycles. The third-order valence-corrected chi connectivity index (χ3v) is 6.20. The topological polar surface area (TPSA) is 97.4 Å². The molecule has 2 heterocycles. The predicted octanol–water partition coefficient (Wildman–Crippen LogP) is 2.07. The van der Waals surface area contributed by atoms with Crippen LogP contribution in [0.3, 0.4) is 0 Å². The first-order chi connectivity index (χ1) is 14.4. The highest BCUT2D eigenvalue weighted by Crippen LogP contribution is 2.30. The Balaban J connectivity index is 1.56. The van der Waals surface area contributed by atoms with E-state index in [0.717, 1.165) is 5.56 Å². The second kappa shape index (κ2) is 8.83. The molecule has 0 saturated carbocycles. The minimum atomic E-state index is -4.14. The van der Waals surface area contributed by atoms with Gasteiger partial charge in [-0.2, -0.15) is 8.42 Å². The third kappa shape index (κ3) is 4.55. The molecule has 0 amide bonds. The lowest BCUT2D eigenvalue weighted by molar-refractivity contribution is -0.145. The molecule has 0 radical (unpaired) electrons. The van der Waals surface area contributed by atoms with Crippen molar-refractivity contribution in [2.45, 2.75) is 36.4 Å². The molecule has 160 valence electrons. The molecule has 2 fully saturated rings. The number of benzene rings is 2. The molecule has 2 aliphatic heterocycles. The van der Waals surface area contributed by atoms with Crippen LogP contribution in [-0.4, -0.2) is 58.8 Å². The minimum absolute atomic E-state index is 0.000134. The van der Waals surface area contributed by atoms with E-state index >= 15 is 0 Å². The molecule has 2 saturated heterocycles. The Morgan fingerprint density at radius 1 is 0.967 bits per heavy atom. The van der Waals surface area contributed by atoms with Crippen molar-refractivity contribution in [1.29, 1.82) is 0 Å². The smallest absolute Gasteiger partial charge is 0.338 e. The fourth-order valence-electron chi connectivity index (χ4n) is 3.31. The molecule has 2 aliphatic rings. The van der Waals surface area contributed by atoms with Crippen molar-refractivity contribution in [2.75, 3.05) is 19.8 Å². The molecule has 8 nitrogen and oxygen atoms in total. The highest BCUT2D eigenvalue weighted by atomic mass is 32.2. The quantitative estimate of drug-likeness (QED) is 0.504. The van der Waals surface area contributed by atoms with Crippen LogP contribution in [0.25, 0.3) is 0 Å². The summed E-state index contributed by atoms with van der Waals surface area (Å²) in [5.74, 6) is -0.598. The largest absolute Gasteiger partial charge is 0.453 e. The number of carbonyl (C=O) groups excluding carboxylic acids is 1. The van der Waals surface area contributed by atoms with Gasteiger partial charge >= 0.3 is 5.97 Å². The van der Waals surface area contributed by atoms with E-state index in [-0.39, 0.29) is 11.5 Å². The van der Waals surface area contributed by atoms with Crippen molar-refractivity contribution in [3.63, 3.8) is 0 Å². The van der Waals surface area contributed by atoms with Gasteiger partial charge in [-0.1, -0.05) is 35.9 Å². The van der Waals surface area contributed by atoms with E-state index in [1.165, 1.54) is 12.1 Å². The Morgan fingerprint density at radius 3 is 2.30 bits per heavy atom. The maximum Gasteiger partial charge on any atom is 0.338 e. The normalized spacial score (nSPS) is 24.8. The van der Waals surface area contributed by atoms with Gasteiger partial charge in [-0.05, 0) is 31.2 Å². The molecule has 0 unspecified atom stereocenters. The molecule has 0 aliphatic carbocycles. The highest BCUT2D eigenvalue weighted by Gasteiger charge is 2.49. The first-order valence-corrected chi connectivity index (χ1v) is 11.0. The lowest BCUT2D eigenvalue weighted by atomic mass is 10.1. The number of hydrogen-bond donors (Lipinski definition) is 0. The lowest BCUT2D eigenvalue weighted by Gasteiger charge is -2.25. The maximum atomic E-state index is 12.9. The van der Waals surface area contributed by atoms with E-state index in [2.05, 4.69) is 0 Å². The summed E-state index contributed by atoms with van der Waals surface area (Å²) in [4.78, 5) is 12.5. The number of rotatable bonds is 6. The molecule has 4 rings (SSSR count). The first-order valence-electron chi connectivity index (χ1n) is 9.55. The van der Waals surface area contributed by atoms with E-state index < -0.39 is 40.7 Å².